The van der Waals surface area contributed by atoms with Crippen molar-refractivity contribution in [2.24, 2.45) is 0 Å². The molecule has 0 aromatic heterocycles. The van der Waals surface area contributed by atoms with E-state index < -0.39 is 35.5 Å². The summed E-state index contributed by atoms with van der Waals surface area (Å²) in [6.45, 7) is 4.00. The van der Waals surface area contributed by atoms with Crippen molar-refractivity contribution < 1.29 is 62.1 Å². The third-order valence-electron chi connectivity index (χ3n) is 2.05. The summed E-state index contributed by atoms with van der Waals surface area (Å²) in [7, 11) is -10.6. The second-order valence-electron chi connectivity index (χ2n) is 4.81. The van der Waals surface area contributed by atoms with E-state index in [0.717, 1.165) is 18.8 Å². The van der Waals surface area contributed by atoms with Crippen molar-refractivity contribution in [3.63, 3.8) is 0 Å². The Morgan fingerprint density at radius 1 is 0.875 bits per heavy atom. The van der Waals surface area contributed by atoms with Crippen LogP contribution in [0.15, 0.2) is 12.1 Å². The molecular weight excluding hydrogens is 453 g/mol. The normalized spacial score (nSPS) is 11.7. The van der Waals surface area contributed by atoms with Gasteiger partial charge in [0.15, 0.2) is 0 Å². The molecule has 1 radical (unpaired) electrons. The second-order valence-corrected chi connectivity index (χ2v) is 10.7. The van der Waals surface area contributed by atoms with E-state index in [-0.39, 0.29) is 55.3 Å². The van der Waals surface area contributed by atoms with E-state index in [0.29, 0.717) is 0 Å². The van der Waals surface area contributed by atoms with E-state index in [4.69, 9.17) is 0 Å². The van der Waals surface area contributed by atoms with Crippen LogP contribution in [0.5, 0.6) is 5.75 Å². The molecule has 1 aromatic carbocycles. The van der Waals surface area contributed by atoms with Crippen molar-refractivity contribution in [3.05, 3.63) is 29.3 Å². The van der Waals surface area contributed by atoms with Gasteiger partial charge in [0, 0.05) is 51.0 Å². The summed E-state index contributed by atoms with van der Waals surface area (Å²) >= 11 is 0. The molecule has 0 bridgehead atoms. The van der Waals surface area contributed by atoms with Crippen molar-refractivity contribution in [1.82, 2.24) is 0 Å². The van der Waals surface area contributed by atoms with Crippen LogP contribution in [0.2, 0.25) is 0 Å². The number of benzene rings is 1. The summed E-state index contributed by atoms with van der Waals surface area (Å²) < 4.78 is 72.1. The van der Waals surface area contributed by atoms with Gasteiger partial charge in [-0.3, -0.25) is 0 Å². The average Bonchev–Trinajstić information content (AvgIpc) is 2.23. The molecule has 11 heteroatoms. The van der Waals surface area contributed by atoms with Crippen LogP contribution in [0.3, 0.4) is 0 Å². The topological polar surface area (TPSA) is 112 Å². The van der Waals surface area contributed by atoms with Crippen LogP contribution >= 0.6 is 0 Å². The van der Waals surface area contributed by atoms with E-state index >= 15 is 0 Å². The zero-order valence-corrected chi connectivity index (χ0v) is 19.5. The molecule has 0 aliphatic rings. The number of rotatable bonds is 6. The van der Waals surface area contributed by atoms with Gasteiger partial charge in [-0.2, -0.15) is 14.5 Å². The van der Waals surface area contributed by atoms with Crippen molar-refractivity contribution in [3.8, 4) is 5.75 Å². The first-order valence-electron chi connectivity index (χ1n) is 6.53. The molecule has 0 unspecified atom stereocenters. The first kappa shape index (κ1) is 26.2. The van der Waals surface area contributed by atoms with Crippen LogP contribution in [0.25, 0.3) is 0 Å². The minimum Gasteiger partial charge on any atom is -0.410 e. The molecule has 1 aromatic rings. The van der Waals surface area contributed by atoms with Gasteiger partial charge < -0.3 is 4.18 Å². The Labute approximate surface area is 170 Å². The predicted molar refractivity (Wildman–Crippen MR) is 89.2 cm³/mol. The fraction of sp³-hybridized carbons (Fsp3) is 0.538. The first-order chi connectivity index (χ1) is 10.2. The smallest absolute Gasteiger partial charge is 0.304 e. The number of hydrogen-bond acceptors (Lipinski definition) is 7. The Hall–Kier alpha value is -0.0261. The zero-order chi connectivity index (χ0) is 18.5. The maximum Gasteiger partial charge on any atom is 0.304 e. The van der Waals surface area contributed by atoms with Crippen LogP contribution in [-0.4, -0.2) is 44.0 Å². The van der Waals surface area contributed by atoms with E-state index in [1.165, 1.54) is 12.1 Å². The Bertz CT molecular complexity index is 715. The van der Waals surface area contributed by atoms with Crippen molar-refractivity contribution >= 4 is 29.8 Å². The molecule has 0 aliphatic carbocycles. The van der Waals surface area contributed by atoms with Gasteiger partial charge >= 0.3 is 10.1 Å². The van der Waals surface area contributed by atoms with Gasteiger partial charge in [0.25, 0.3) is 0 Å². The van der Waals surface area contributed by atoms with Gasteiger partial charge in [-0.1, -0.05) is 13.8 Å². The van der Waals surface area contributed by atoms with E-state index in [1.807, 2.05) is 13.8 Å². The SMILES string of the molecule is CC.CS(=O)(=O)Cc1[c-]c(OS(C)(=O)=O)cc(CS(C)(=O)=O)c1.[Y]. The summed E-state index contributed by atoms with van der Waals surface area (Å²) in [4.78, 5) is 0. The van der Waals surface area contributed by atoms with Gasteiger partial charge in [-0.05, 0) is 0 Å². The van der Waals surface area contributed by atoms with Crippen LogP contribution < -0.4 is 4.18 Å². The molecule has 0 fully saturated rings. The first-order valence-corrected chi connectivity index (χ1v) is 12.5. The van der Waals surface area contributed by atoms with Crippen LogP contribution in [0.4, 0.5) is 0 Å². The van der Waals surface area contributed by atoms with Crippen LogP contribution in [-0.2, 0) is 74.0 Å². The van der Waals surface area contributed by atoms with E-state index in [9.17, 15) is 25.3 Å². The van der Waals surface area contributed by atoms with Gasteiger partial charge in [0.1, 0.15) is 19.7 Å². The molecule has 0 spiro atoms. The Morgan fingerprint density at radius 2 is 1.33 bits per heavy atom. The molecule has 0 saturated carbocycles. The largest absolute Gasteiger partial charge is 0.410 e. The maximum absolute atomic E-state index is 11.3. The fourth-order valence-electron chi connectivity index (χ4n) is 1.62. The fourth-order valence-corrected chi connectivity index (χ4v) is 3.53. The van der Waals surface area contributed by atoms with Crippen molar-refractivity contribution in [2.45, 2.75) is 25.4 Å². The Kier molecular flexibility index (Phi) is 11.1. The molecule has 0 aliphatic heterocycles. The summed E-state index contributed by atoms with van der Waals surface area (Å²) in [5.74, 6) is -0.999. The van der Waals surface area contributed by atoms with Gasteiger partial charge in [-0.15, -0.1) is 23.3 Å². The van der Waals surface area contributed by atoms with Crippen LogP contribution in [0.1, 0.15) is 25.0 Å². The second kappa shape index (κ2) is 10.2. The maximum atomic E-state index is 11.3. The monoisotopic (exact) mass is 474 g/mol. The molecule has 0 N–H and O–H groups in total. The number of hydrogen-bond donors (Lipinski definition) is 0. The molecule has 137 valence electrons. The molecule has 0 heterocycles. The predicted octanol–water partition coefficient (Wildman–Crippen LogP) is 0.938. The zero-order valence-electron chi connectivity index (χ0n) is 14.2. The Balaban J connectivity index is 0. The molecule has 0 saturated heterocycles. The minimum absolute atomic E-state index is 0. The van der Waals surface area contributed by atoms with Crippen molar-refractivity contribution in [1.29, 1.82) is 0 Å². The molecule has 1 rings (SSSR count). The van der Waals surface area contributed by atoms with Gasteiger partial charge in [-0.25, -0.2) is 16.8 Å². The third-order valence-corrected chi connectivity index (χ3v) is 4.22. The average molecular weight is 474 g/mol. The minimum atomic E-state index is -3.83. The summed E-state index contributed by atoms with van der Waals surface area (Å²) in [6.07, 6.45) is 2.83. The summed E-state index contributed by atoms with van der Waals surface area (Å²) in [6, 6.07) is 5.06. The quantitative estimate of drug-likeness (QED) is 0.446. The summed E-state index contributed by atoms with van der Waals surface area (Å²) in [5.41, 5.74) is 0.367. The standard InChI is InChI=1S/C11H15O7S3.C2H6.Y/c1-19(12,13)7-9-4-10(8-20(2,14)15)6-11(5-9)18-21(3,16)17;1-2;/h4-5H,7-8H2,1-3H3;1-2H3;/q-1;;. The molecule has 24 heavy (non-hydrogen) atoms. The van der Waals surface area contributed by atoms with Crippen LogP contribution in [0, 0.1) is 6.07 Å². The van der Waals surface area contributed by atoms with Crippen molar-refractivity contribution in [2.75, 3.05) is 18.8 Å². The molecular formula is C13H21O7S3Y-. The van der Waals surface area contributed by atoms with E-state index in [2.05, 4.69) is 10.2 Å². The third kappa shape index (κ3) is 13.3. The molecule has 0 atom stereocenters. The summed E-state index contributed by atoms with van der Waals surface area (Å²) in [5, 5.41) is 0. The van der Waals surface area contributed by atoms with E-state index in [1.54, 1.807) is 0 Å². The Morgan fingerprint density at radius 3 is 1.71 bits per heavy atom. The van der Waals surface area contributed by atoms with Gasteiger partial charge in [0.2, 0.25) is 0 Å². The number of sulfone groups is 2. The molecule has 7 nitrogen and oxygen atoms in total. The molecule has 0 amide bonds. The van der Waals surface area contributed by atoms with Gasteiger partial charge in [0.05, 0.1) is 17.8 Å².